The van der Waals surface area contributed by atoms with Crippen molar-refractivity contribution in [3.63, 3.8) is 0 Å². The summed E-state index contributed by atoms with van der Waals surface area (Å²) < 4.78 is 4.95. The summed E-state index contributed by atoms with van der Waals surface area (Å²) in [5.74, 6) is 0.0579. The number of ether oxygens (including phenoxy) is 1. The first-order chi connectivity index (χ1) is 3.80. The molecule has 1 saturated heterocycles. The number of hydrogen-bond donors (Lipinski definition) is 1. The largest absolute Gasteiger partial charge is 0.355 e. The normalized spacial score (nSPS) is 28.4. The standard InChI is InChI=1S/C5H9NO2/c1-4(7)5-6-2-3-8-5/h5-6H,2-3H2,1H3. The van der Waals surface area contributed by atoms with Crippen molar-refractivity contribution in [2.75, 3.05) is 13.2 Å². The Morgan fingerprint density at radius 1 is 1.88 bits per heavy atom. The Morgan fingerprint density at radius 2 is 2.62 bits per heavy atom. The maximum absolute atomic E-state index is 10.5. The van der Waals surface area contributed by atoms with Crippen LogP contribution in [0.15, 0.2) is 0 Å². The first-order valence-electron chi connectivity index (χ1n) is 2.66. The van der Waals surface area contributed by atoms with Crippen molar-refractivity contribution in [1.29, 1.82) is 0 Å². The van der Waals surface area contributed by atoms with Crippen molar-refractivity contribution in [2.24, 2.45) is 0 Å². The van der Waals surface area contributed by atoms with Crippen LogP contribution in [-0.2, 0) is 9.53 Å². The van der Waals surface area contributed by atoms with E-state index in [0.29, 0.717) is 6.61 Å². The molecule has 0 spiro atoms. The minimum Gasteiger partial charge on any atom is -0.355 e. The maximum atomic E-state index is 10.5. The molecule has 3 heteroatoms. The van der Waals surface area contributed by atoms with Crippen molar-refractivity contribution in [3.8, 4) is 0 Å². The third-order valence-corrected chi connectivity index (χ3v) is 1.09. The van der Waals surface area contributed by atoms with Crippen LogP contribution in [0.1, 0.15) is 6.92 Å². The maximum Gasteiger partial charge on any atom is 0.173 e. The van der Waals surface area contributed by atoms with Crippen molar-refractivity contribution >= 4 is 5.78 Å². The molecule has 0 aromatic heterocycles. The van der Waals surface area contributed by atoms with E-state index in [9.17, 15) is 4.79 Å². The second-order valence-corrected chi connectivity index (χ2v) is 1.82. The van der Waals surface area contributed by atoms with Crippen LogP contribution in [0.2, 0.25) is 0 Å². The van der Waals surface area contributed by atoms with Gasteiger partial charge in [-0.15, -0.1) is 0 Å². The Hall–Kier alpha value is -0.410. The van der Waals surface area contributed by atoms with Gasteiger partial charge in [-0.1, -0.05) is 0 Å². The molecule has 0 bridgehead atoms. The third-order valence-electron chi connectivity index (χ3n) is 1.09. The number of rotatable bonds is 1. The van der Waals surface area contributed by atoms with Crippen LogP contribution in [0.4, 0.5) is 0 Å². The van der Waals surface area contributed by atoms with E-state index in [1.807, 2.05) is 0 Å². The Bertz CT molecular complexity index is 96.6. The lowest BCUT2D eigenvalue weighted by molar-refractivity contribution is -0.126. The minimum atomic E-state index is -0.324. The topological polar surface area (TPSA) is 38.3 Å². The monoisotopic (exact) mass is 115 g/mol. The van der Waals surface area contributed by atoms with E-state index < -0.39 is 0 Å². The highest BCUT2D eigenvalue weighted by Crippen LogP contribution is 1.94. The van der Waals surface area contributed by atoms with Crippen LogP contribution in [0.5, 0.6) is 0 Å². The molecule has 0 amide bonds. The molecule has 8 heavy (non-hydrogen) atoms. The average Bonchev–Trinajstić information content (AvgIpc) is 2.12. The van der Waals surface area contributed by atoms with Gasteiger partial charge in [-0.25, -0.2) is 0 Å². The van der Waals surface area contributed by atoms with E-state index in [2.05, 4.69) is 5.32 Å². The summed E-state index contributed by atoms with van der Waals surface area (Å²) in [5, 5.41) is 2.88. The van der Waals surface area contributed by atoms with Crippen LogP contribution in [-0.4, -0.2) is 25.2 Å². The number of carbonyl (C=O) groups is 1. The van der Waals surface area contributed by atoms with Gasteiger partial charge in [0, 0.05) is 6.54 Å². The van der Waals surface area contributed by atoms with Gasteiger partial charge in [0.2, 0.25) is 0 Å². The summed E-state index contributed by atoms with van der Waals surface area (Å²) in [6.07, 6.45) is -0.324. The van der Waals surface area contributed by atoms with Gasteiger partial charge < -0.3 is 4.74 Å². The SMILES string of the molecule is CC(=O)C1NCCO1. The summed E-state index contributed by atoms with van der Waals surface area (Å²) in [4.78, 5) is 10.5. The molecule has 0 aliphatic carbocycles. The number of ketones is 1. The van der Waals surface area contributed by atoms with E-state index in [1.54, 1.807) is 0 Å². The Labute approximate surface area is 48.0 Å². The van der Waals surface area contributed by atoms with Crippen molar-refractivity contribution in [2.45, 2.75) is 13.2 Å². The van der Waals surface area contributed by atoms with Crippen molar-refractivity contribution < 1.29 is 9.53 Å². The second-order valence-electron chi connectivity index (χ2n) is 1.82. The highest BCUT2D eigenvalue weighted by molar-refractivity contribution is 5.80. The fourth-order valence-corrected chi connectivity index (χ4v) is 0.687. The molecular formula is C5H9NO2. The van der Waals surface area contributed by atoms with Gasteiger partial charge >= 0.3 is 0 Å². The molecule has 1 atom stereocenters. The summed E-state index contributed by atoms with van der Waals surface area (Å²) >= 11 is 0. The zero-order valence-electron chi connectivity index (χ0n) is 4.81. The highest BCUT2D eigenvalue weighted by Gasteiger charge is 2.17. The molecular weight excluding hydrogens is 106 g/mol. The molecule has 0 radical (unpaired) electrons. The molecule has 1 aliphatic heterocycles. The Morgan fingerprint density at radius 3 is 2.88 bits per heavy atom. The highest BCUT2D eigenvalue weighted by atomic mass is 16.5. The van der Waals surface area contributed by atoms with E-state index in [-0.39, 0.29) is 12.0 Å². The number of nitrogens with one attached hydrogen (secondary N) is 1. The second kappa shape index (κ2) is 2.24. The molecule has 46 valence electrons. The quantitative estimate of drug-likeness (QED) is 0.501. The lowest BCUT2D eigenvalue weighted by atomic mass is 10.4. The molecule has 0 aromatic rings. The summed E-state index contributed by atoms with van der Waals surface area (Å²) in [6, 6.07) is 0. The molecule has 1 N–H and O–H groups in total. The number of Topliss-reactive ketones (excluding diaryl/α,β-unsaturated/α-hetero) is 1. The summed E-state index contributed by atoms with van der Waals surface area (Å²) in [6.45, 7) is 2.97. The van der Waals surface area contributed by atoms with E-state index in [0.717, 1.165) is 6.54 Å². The zero-order valence-corrected chi connectivity index (χ0v) is 4.81. The number of hydrogen-bond acceptors (Lipinski definition) is 3. The molecule has 1 rings (SSSR count). The third kappa shape index (κ3) is 1.05. The van der Waals surface area contributed by atoms with Crippen LogP contribution in [0.25, 0.3) is 0 Å². The summed E-state index contributed by atoms with van der Waals surface area (Å²) in [7, 11) is 0. The lowest BCUT2D eigenvalue weighted by Crippen LogP contribution is -2.29. The Kier molecular flexibility index (Phi) is 1.60. The molecule has 1 heterocycles. The predicted molar refractivity (Wildman–Crippen MR) is 28.4 cm³/mol. The van der Waals surface area contributed by atoms with E-state index in [4.69, 9.17) is 4.74 Å². The molecule has 3 nitrogen and oxygen atoms in total. The molecule has 1 aliphatic rings. The van der Waals surface area contributed by atoms with E-state index >= 15 is 0 Å². The first-order valence-corrected chi connectivity index (χ1v) is 2.66. The molecule has 1 unspecified atom stereocenters. The fraction of sp³-hybridized carbons (Fsp3) is 0.800. The van der Waals surface area contributed by atoms with Crippen LogP contribution in [0.3, 0.4) is 0 Å². The van der Waals surface area contributed by atoms with Crippen LogP contribution in [0, 0.1) is 0 Å². The van der Waals surface area contributed by atoms with Crippen molar-refractivity contribution in [1.82, 2.24) is 5.32 Å². The summed E-state index contributed by atoms with van der Waals surface area (Å²) in [5.41, 5.74) is 0. The van der Waals surface area contributed by atoms with Crippen molar-refractivity contribution in [3.05, 3.63) is 0 Å². The molecule has 1 fully saturated rings. The Balaban J connectivity index is 2.35. The smallest absolute Gasteiger partial charge is 0.173 e. The fourth-order valence-electron chi connectivity index (χ4n) is 0.687. The van der Waals surface area contributed by atoms with Gasteiger partial charge in [0.1, 0.15) is 0 Å². The first kappa shape index (κ1) is 5.72. The minimum absolute atomic E-state index is 0.0579. The molecule has 0 aromatic carbocycles. The van der Waals surface area contributed by atoms with Gasteiger partial charge in [0.25, 0.3) is 0 Å². The zero-order chi connectivity index (χ0) is 5.98. The van der Waals surface area contributed by atoms with Crippen LogP contribution >= 0.6 is 0 Å². The van der Waals surface area contributed by atoms with Gasteiger partial charge in [0.05, 0.1) is 6.61 Å². The molecule has 0 saturated carbocycles. The number of carbonyl (C=O) groups excluding carboxylic acids is 1. The van der Waals surface area contributed by atoms with Gasteiger partial charge in [-0.2, -0.15) is 0 Å². The van der Waals surface area contributed by atoms with Gasteiger partial charge in [-0.05, 0) is 6.92 Å². The van der Waals surface area contributed by atoms with E-state index in [1.165, 1.54) is 6.92 Å². The van der Waals surface area contributed by atoms with Gasteiger partial charge in [0.15, 0.2) is 12.0 Å². The average molecular weight is 115 g/mol. The van der Waals surface area contributed by atoms with Gasteiger partial charge in [-0.3, -0.25) is 10.1 Å². The predicted octanol–water partition coefficient (Wildman–Crippen LogP) is -0.479. The van der Waals surface area contributed by atoms with Crippen LogP contribution < -0.4 is 5.32 Å². The lowest BCUT2D eigenvalue weighted by Gasteiger charge is -2.01.